The molecule has 0 saturated carbocycles. The van der Waals surface area contributed by atoms with Gasteiger partial charge in [-0.05, 0) is 43.0 Å². The van der Waals surface area contributed by atoms with Crippen molar-refractivity contribution >= 4 is 0 Å². The minimum atomic E-state index is -4.35. The third-order valence-corrected chi connectivity index (χ3v) is 3.08. The zero-order valence-electron chi connectivity index (χ0n) is 11.8. The molecule has 0 spiro atoms. The van der Waals surface area contributed by atoms with E-state index < -0.39 is 11.7 Å². The maximum Gasteiger partial charge on any atom is 0.416 e. The number of alkyl halides is 3. The molecule has 0 aromatic heterocycles. The molecule has 1 aromatic rings. The second-order valence-corrected chi connectivity index (χ2v) is 4.58. The molecule has 0 heterocycles. The van der Waals surface area contributed by atoms with Crippen molar-refractivity contribution in [2.75, 3.05) is 6.61 Å². The van der Waals surface area contributed by atoms with E-state index in [2.05, 4.69) is 5.92 Å². The molecule has 1 aromatic carbocycles. The van der Waals surface area contributed by atoms with Crippen LogP contribution in [0.25, 0.3) is 0 Å². The molecule has 0 fully saturated rings. The predicted octanol–water partition coefficient (Wildman–Crippen LogP) is 5.01. The van der Waals surface area contributed by atoms with Gasteiger partial charge in [-0.3, -0.25) is 0 Å². The zero-order valence-corrected chi connectivity index (χ0v) is 11.8. The summed E-state index contributed by atoms with van der Waals surface area (Å²) in [5, 5.41) is 0. The summed E-state index contributed by atoms with van der Waals surface area (Å²) in [6, 6.07) is 3.61. The summed E-state index contributed by atoms with van der Waals surface area (Å²) in [5.74, 6) is 2.93. The third-order valence-electron chi connectivity index (χ3n) is 3.08. The summed E-state index contributed by atoms with van der Waals surface area (Å²) in [6.07, 6.45) is 2.99. The van der Waals surface area contributed by atoms with Crippen molar-refractivity contribution in [1.82, 2.24) is 0 Å². The van der Waals surface area contributed by atoms with E-state index in [1.54, 1.807) is 6.92 Å². The second kappa shape index (κ2) is 7.23. The normalized spacial score (nSPS) is 12.8. The van der Waals surface area contributed by atoms with Crippen LogP contribution < -0.4 is 4.74 Å². The molecule has 0 bridgehead atoms. The van der Waals surface area contributed by atoms with Crippen molar-refractivity contribution in [1.29, 1.82) is 0 Å². The first-order valence-electron chi connectivity index (χ1n) is 6.71. The highest BCUT2D eigenvalue weighted by atomic mass is 19.4. The highest BCUT2D eigenvalue weighted by Crippen LogP contribution is 2.38. The number of ether oxygens (including phenoxy) is 1. The summed E-state index contributed by atoms with van der Waals surface area (Å²) in [6.45, 7) is 4.20. The van der Waals surface area contributed by atoms with E-state index in [-0.39, 0.29) is 5.92 Å². The maximum absolute atomic E-state index is 12.8. The minimum Gasteiger partial charge on any atom is -0.494 e. The number of rotatable bonds is 6. The first kappa shape index (κ1) is 16.4. The summed E-state index contributed by atoms with van der Waals surface area (Å²) >= 11 is 0. The number of halogens is 3. The van der Waals surface area contributed by atoms with Gasteiger partial charge in [0.15, 0.2) is 0 Å². The van der Waals surface area contributed by atoms with Crippen molar-refractivity contribution < 1.29 is 17.9 Å². The van der Waals surface area contributed by atoms with Gasteiger partial charge in [-0.2, -0.15) is 13.2 Å². The van der Waals surface area contributed by atoms with Gasteiger partial charge in [0.25, 0.3) is 0 Å². The Hall–Kier alpha value is -1.63. The standard InChI is InChI=1S/C16H19F3O/c1-4-7-12(8-5-2)14-11-13(16(17,18)19)9-10-15(14)20-6-3/h1,9-12H,5-8H2,2-3H3. The average Bonchev–Trinajstić information content (AvgIpc) is 2.38. The highest BCUT2D eigenvalue weighted by molar-refractivity contribution is 5.41. The molecule has 0 saturated heterocycles. The Balaban J connectivity index is 3.26. The fourth-order valence-electron chi connectivity index (χ4n) is 2.19. The van der Waals surface area contributed by atoms with Crippen LogP contribution in [-0.4, -0.2) is 6.61 Å². The first-order chi connectivity index (χ1) is 9.43. The lowest BCUT2D eigenvalue weighted by molar-refractivity contribution is -0.137. The minimum absolute atomic E-state index is 0.103. The van der Waals surface area contributed by atoms with Gasteiger partial charge in [0.2, 0.25) is 0 Å². The van der Waals surface area contributed by atoms with Gasteiger partial charge in [-0.25, -0.2) is 0 Å². The molecule has 0 aliphatic heterocycles. The molecule has 1 rings (SSSR count). The molecule has 0 aliphatic carbocycles. The molecule has 0 amide bonds. The fourth-order valence-corrected chi connectivity index (χ4v) is 2.19. The monoisotopic (exact) mass is 284 g/mol. The fraction of sp³-hybridized carbons (Fsp3) is 0.500. The van der Waals surface area contributed by atoms with Gasteiger partial charge in [0.05, 0.1) is 12.2 Å². The Bertz CT molecular complexity index is 472. The first-order valence-corrected chi connectivity index (χ1v) is 6.71. The maximum atomic E-state index is 12.8. The van der Waals surface area contributed by atoms with Crippen LogP contribution in [0.4, 0.5) is 13.2 Å². The van der Waals surface area contributed by atoms with Crippen molar-refractivity contribution in [2.24, 2.45) is 0 Å². The predicted molar refractivity (Wildman–Crippen MR) is 73.7 cm³/mol. The van der Waals surface area contributed by atoms with Crippen LogP contribution in [0, 0.1) is 12.3 Å². The van der Waals surface area contributed by atoms with Crippen molar-refractivity contribution in [3.63, 3.8) is 0 Å². The zero-order chi connectivity index (χ0) is 15.2. The summed E-state index contributed by atoms with van der Waals surface area (Å²) < 4.78 is 44.0. The summed E-state index contributed by atoms with van der Waals surface area (Å²) in [4.78, 5) is 0. The van der Waals surface area contributed by atoms with Crippen LogP contribution in [0.5, 0.6) is 5.75 Å². The number of hydrogen-bond donors (Lipinski definition) is 0. The van der Waals surface area contributed by atoms with Crippen molar-refractivity contribution in [2.45, 2.75) is 45.2 Å². The van der Waals surface area contributed by atoms with Crippen LogP contribution >= 0.6 is 0 Å². The van der Waals surface area contributed by atoms with Crippen molar-refractivity contribution in [3.8, 4) is 18.1 Å². The Morgan fingerprint density at radius 1 is 1.30 bits per heavy atom. The second-order valence-electron chi connectivity index (χ2n) is 4.58. The molecule has 20 heavy (non-hydrogen) atoms. The molecule has 0 aliphatic rings. The quantitative estimate of drug-likeness (QED) is 0.667. The largest absolute Gasteiger partial charge is 0.494 e. The van der Waals surface area contributed by atoms with Gasteiger partial charge < -0.3 is 4.74 Å². The highest BCUT2D eigenvalue weighted by Gasteiger charge is 2.32. The van der Waals surface area contributed by atoms with E-state index in [1.807, 2.05) is 6.92 Å². The molecule has 110 valence electrons. The van der Waals surface area contributed by atoms with Gasteiger partial charge in [0.1, 0.15) is 5.75 Å². The third kappa shape index (κ3) is 4.19. The SMILES string of the molecule is C#CCC(CCC)c1cc(C(F)(F)F)ccc1OCC. The van der Waals surface area contributed by atoms with Gasteiger partial charge in [-0.1, -0.05) is 13.3 Å². The Labute approximate surface area is 118 Å². The molecule has 0 radical (unpaired) electrons. The van der Waals surface area contributed by atoms with E-state index in [1.165, 1.54) is 12.1 Å². The van der Waals surface area contributed by atoms with Gasteiger partial charge >= 0.3 is 6.18 Å². The average molecular weight is 284 g/mol. The van der Waals surface area contributed by atoms with E-state index in [0.717, 1.165) is 18.9 Å². The molecule has 4 heteroatoms. The lowest BCUT2D eigenvalue weighted by Gasteiger charge is -2.20. The lowest BCUT2D eigenvalue weighted by atomic mass is 9.89. The molecular formula is C16H19F3O. The Morgan fingerprint density at radius 3 is 2.50 bits per heavy atom. The molecule has 1 unspecified atom stereocenters. The Kier molecular flexibility index (Phi) is 5.94. The topological polar surface area (TPSA) is 9.23 Å². The van der Waals surface area contributed by atoms with Crippen molar-refractivity contribution in [3.05, 3.63) is 29.3 Å². The molecule has 1 atom stereocenters. The van der Waals surface area contributed by atoms with E-state index in [0.29, 0.717) is 24.3 Å². The van der Waals surface area contributed by atoms with E-state index >= 15 is 0 Å². The van der Waals surface area contributed by atoms with Crippen LogP contribution in [-0.2, 0) is 6.18 Å². The van der Waals surface area contributed by atoms with Crippen LogP contribution in [0.3, 0.4) is 0 Å². The lowest BCUT2D eigenvalue weighted by Crippen LogP contribution is -2.09. The number of benzene rings is 1. The van der Waals surface area contributed by atoms with Gasteiger partial charge in [-0.15, -0.1) is 12.3 Å². The molecule has 0 N–H and O–H groups in total. The molecule has 1 nitrogen and oxygen atoms in total. The summed E-state index contributed by atoms with van der Waals surface area (Å²) in [5.41, 5.74) is -0.101. The van der Waals surface area contributed by atoms with E-state index in [4.69, 9.17) is 11.2 Å². The summed E-state index contributed by atoms with van der Waals surface area (Å²) in [7, 11) is 0. The van der Waals surface area contributed by atoms with E-state index in [9.17, 15) is 13.2 Å². The van der Waals surface area contributed by atoms with Crippen LogP contribution in [0.15, 0.2) is 18.2 Å². The Morgan fingerprint density at radius 2 is 2.00 bits per heavy atom. The number of hydrogen-bond acceptors (Lipinski definition) is 1. The van der Waals surface area contributed by atoms with Gasteiger partial charge in [0, 0.05) is 6.42 Å². The molecular weight excluding hydrogens is 265 g/mol. The smallest absolute Gasteiger partial charge is 0.416 e. The number of terminal acetylenes is 1. The van der Waals surface area contributed by atoms with Crippen LogP contribution in [0.1, 0.15) is 50.2 Å². The van der Waals surface area contributed by atoms with Crippen LogP contribution in [0.2, 0.25) is 0 Å².